The Kier molecular flexibility index (Phi) is 28.1. The predicted octanol–water partition coefficient (Wildman–Crippen LogP) is -2.21. The number of amides is 9. The van der Waals surface area contributed by atoms with Crippen LogP contribution in [0, 0.1) is 11.8 Å². The Labute approximate surface area is 468 Å². The number of rotatable bonds is 34. The third-order valence-corrected chi connectivity index (χ3v) is 12.8. The van der Waals surface area contributed by atoms with E-state index in [1.165, 1.54) is 50.3 Å². The number of aliphatic carboxylic acids is 1. The van der Waals surface area contributed by atoms with Gasteiger partial charge in [0, 0.05) is 24.7 Å². The molecule has 440 valence electrons. The normalized spacial score (nSPS) is 14.9. The number of nitrogens with two attached hydrogens (primary N) is 1. The number of carboxylic acid groups (broad SMARTS) is 1. The lowest BCUT2D eigenvalue weighted by Crippen LogP contribution is -2.61. The summed E-state index contributed by atoms with van der Waals surface area (Å²) < 4.78 is 0. The minimum Gasteiger partial charge on any atom is -0.508 e. The van der Waals surface area contributed by atoms with Gasteiger partial charge in [-0.25, -0.2) is 9.78 Å². The van der Waals surface area contributed by atoms with Gasteiger partial charge in [-0.2, -0.15) is 11.8 Å². The van der Waals surface area contributed by atoms with E-state index in [4.69, 9.17) is 5.73 Å². The molecule has 80 heavy (non-hydrogen) atoms. The number of hydrogen-bond acceptors (Lipinski definition) is 16. The number of aromatic hydroxyl groups is 1. The molecule has 3 aromatic rings. The summed E-state index contributed by atoms with van der Waals surface area (Å²) in [5, 5.41) is 62.7. The van der Waals surface area contributed by atoms with Crippen molar-refractivity contribution in [1.82, 2.24) is 57.8 Å². The summed E-state index contributed by atoms with van der Waals surface area (Å²) in [5.74, 6) is -9.12. The lowest BCUT2D eigenvalue weighted by molar-refractivity contribution is -0.143. The molecule has 16 N–H and O–H groups in total. The van der Waals surface area contributed by atoms with E-state index in [1.807, 2.05) is 6.07 Å². The summed E-state index contributed by atoms with van der Waals surface area (Å²) in [6.07, 6.45) is 1.44. The molecule has 0 unspecified atom stereocenters. The fraction of sp³-hybridized carbons (Fsp3) is 0.528. The molecule has 0 aliphatic heterocycles. The van der Waals surface area contributed by atoms with Crippen molar-refractivity contribution in [2.75, 3.05) is 25.1 Å². The number of nitrogens with one attached hydrogen (secondary N) is 10. The van der Waals surface area contributed by atoms with Gasteiger partial charge in [-0.15, -0.1) is 0 Å². The zero-order valence-electron chi connectivity index (χ0n) is 45.9. The number of carboxylic acids is 1. The lowest BCUT2D eigenvalue weighted by Gasteiger charge is -2.28. The SMILES string of the molecule is CSCC[C@H](NC(=O)[C@H](Cc1ccc(O)cc1)NC(=O)[C@@H](N)Cc1ccccc1)C(=O)N[C@H](C(=O)N[C@@H](Cc1cnc[nH]1)C(=O)NCC(=O)N[C@@H](CC(C)C)C(=O)NCC(=O)N[C@H](C(=O)N[C@@H](CC(C)C)C(=O)O)[C@@H](C)O)[C@@H](C)O. The van der Waals surface area contributed by atoms with Crippen molar-refractivity contribution in [1.29, 1.82) is 0 Å². The molecule has 27 heteroatoms. The molecular formula is C53H78N12O14S. The molecule has 0 radical (unpaired) electrons. The standard InChI is InChI=1S/C53H78N12O14S/c1-28(2)19-38(47(72)57-26-43(70)64-44(30(5)66)51(76)63-41(53(78)79)20-29(3)4)59-42(69)25-56-48(73)40(23-34-24-55-27-58-34)62-52(77)45(31(6)67)65-49(74)37(17-18-80-7)60-50(75)39(22-33-13-15-35(68)16-14-33)61-46(71)36(54)21-32-11-9-8-10-12-32/h8-16,24,27-31,36-41,44-45,66-68H,17-23,25-26,54H2,1-7H3,(H,55,58)(H,56,73)(H,57,72)(H,59,69)(H,60,75)(H,61,71)(H,62,77)(H,63,76)(H,64,70)(H,65,74)(H,78,79)/t30-,31-,36+,37+,38+,39+,40+,41+,44+,45+/m1/s1. The molecule has 26 nitrogen and oxygen atoms in total. The van der Waals surface area contributed by atoms with E-state index in [1.54, 1.807) is 70.3 Å². The molecule has 10 atom stereocenters. The summed E-state index contributed by atoms with van der Waals surface area (Å²) in [6.45, 7) is 8.00. The van der Waals surface area contributed by atoms with E-state index < -0.39 is 133 Å². The van der Waals surface area contributed by atoms with Crippen molar-refractivity contribution in [3.05, 3.63) is 83.9 Å². The smallest absolute Gasteiger partial charge is 0.326 e. The quantitative estimate of drug-likeness (QED) is 0.0301. The molecule has 0 fully saturated rings. The molecule has 0 saturated carbocycles. The van der Waals surface area contributed by atoms with Crippen LogP contribution < -0.4 is 53.6 Å². The van der Waals surface area contributed by atoms with Gasteiger partial charge in [0.1, 0.15) is 48.0 Å². The zero-order valence-corrected chi connectivity index (χ0v) is 46.8. The number of nitrogens with zero attached hydrogens (tertiary/aromatic N) is 1. The van der Waals surface area contributed by atoms with E-state index in [-0.39, 0.29) is 56.1 Å². The van der Waals surface area contributed by atoms with Crippen molar-refractivity contribution in [2.24, 2.45) is 17.6 Å². The number of phenolic OH excluding ortho intramolecular Hbond substituents is 1. The maximum Gasteiger partial charge on any atom is 0.326 e. The van der Waals surface area contributed by atoms with Gasteiger partial charge in [-0.1, -0.05) is 70.2 Å². The summed E-state index contributed by atoms with van der Waals surface area (Å²) in [4.78, 5) is 140. The number of H-pyrrole nitrogens is 1. The molecule has 9 amide bonds. The second-order valence-corrected chi connectivity index (χ2v) is 21.1. The van der Waals surface area contributed by atoms with Gasteiger partial charge in [0.25, 0.3) is 0 Å². The van der Waals surface area contributed by atoms with Gasteiger partial charge < -0.3 is 79.0 Å². The summed E-state index contributed by atoms with van der Waals surface area (Å²) in [5.41, 5.74) is 7.95. The zero-order chi connectivity index (χ0) is 59.6. The molecular weight excluding hydrogens is 1060 g/mol. The molecule has 1 aromatic heterocycles. The van der Waals surface area contributed by atoms with Crippen molar-refractivity contribution in [3.63, 3.8) is 0 Å². The van der Waals surface area contributed by atoms with Crippen molar-refractivity contribution in [2.45, 2.75) is 141 Å². The van der Waals surface area contributed by atoms with Crippen molar-refractivity contribution < 1.29 is 68.4 Å². The van der Waals surface area contributed by atoms with Crippen LogP contribution in [0.3, 0.4) is 0 Å². The van der Waals surface area contributed by atoms with Crippen LogP contribution in [0.1, 0.15) is 77.6 Å². The number of aromatic amines is 1. The molecule has 2 aromatic carbocycles. The molecule has 0 saturated heterocycles. The van der Waals surface area contributed by atoms with Gasteiger partial charge in [0.05, 0.1) is 37.7 Å². The first-order chi connectivity index (χ1) is 37.8. The lowest BCUT2D eigenvalue weighted by atomic mass is 10.0. The minimum atomic E-state index is -1.72. The fourth-order valence-electron chi connectivity index (χ4n) is 7.95. The largest absolute Gasteiger partial charge is 0.508 e. The van der Waals surface area contributed by atoms with Crippen LogP contribution >= 0.6 is 11.8 Å². The maximum absolute atomic E-state index is 14.1. The van der Waals surface area contributed by atoms with Crippen LogP contribution in [0.15, 0.2) is 67.1 Å². The molecule has 0 spiro atoms. The van der Waals surface area contributed by atoms with E-state index in [9.17, 15) is 68.4 Å². The minimum absolute atomic E-state index is 0.0299. The van der Waals surface area contributed by atoms with Crippen LogP contribution in [0.4, 0.5) is 0 Å². The van der Waals surface area contributed by atoms with E-state index in [0.29, 0.717) is 17.0 Å². The van der Waals surface area contributed by atoms with Crippen LogP contribution in [-0.4, -0.2) is 175 Å². The number of aliphatic hydroxyl groups is 2. The number of carbonyl (C=O) groups is 10. The first-order valence-electron chi connectivity index (χ1n) is 26.1. The maximum atomic E-state index is 14.1. The second-order valence-electron chi connectivity index (χ2n) is 20.1. The highest BCUT2D eigenvalue weighted by molar-refractivity contribution is 7.98. The molecule has 0 aliphatic carbocycles. The third-order valence-electron chi connectivity index (χ3n) is 12.2. The summed E-state index contributed by atoms with van der Waals surface area (Å²) >= 11 is 1.35. The first kappa shape index (κ1) is 66.7. The molecule has 0 aliphatic rings. The van der Waals surface area contributed by atoms with Crippen LogP contribution in [0.5, 0.6) is 5.75 Å². The van der Waals surface area contributed by atoms with Gasteiger partial charge >= 0.3 is 5.97 Å². The number of benzene rings is 2. The monoisotopic (exact) mass is 1140 g/mol. The van der Waals surface area contributed by atoms with E-state index >= 15 is 0 Å². The van der Waals surface area contributed by atoms with Crippen LogP contribution in [-0.2, 0) is 67.2 Å². The Morgan fingerprint density at radius 1 is 0.562 bits per heavy atom. The van der Waals surface area contributed by atoms with Crippen molar-refractivity contribution >= 4 is 70.9 Å². The predicted molar refractivity (Wildman–Crippen MR) is 295 cm³/mol. The van der Waals surface area contributed by atoms with Gasteiger partial charge in [0.15, 0.2) is 0 Å². The number of thioether (sulfide) groups is 1. The van der Waals surface area contributed by atoms with Crippen molar-refractivity contribution in [3.8, 4) is 5.75 Å². The number of hydrogen-bond donors (Lipinski definition) is 15. The molecule has 0 bridgehead atoms. The number of aliphatic hydroxyl groups excluding tert-OH is 2. The highest BCUT2D eigenvalue weighted by atomic mass is 32.2. The number of phenols is 1. The fourth-order valence-corrected chi connectivity index (χ4v) is 8.42. The number of carbonyl (C=O) groups excluding carboxylic acids is 9. The van der Waals surface area contributed by atoms with E-state index in [0.717, 1.165) is 5.56 Å². The highest BCUT2D eigenvalue weighted by Gasteiger charge is 2.35. The first-order valence-corrected chi connectivity index (χ1v) is 27.5. The molecule has 1 heterocycles. The van der Waals surface area contributed by atoms with Gasteiger partial charge in [-0.3, -0.25) is 43.2 Å². The average Bonchev–Trinajstić information content (AvgIpc) is 3.92. The second kappa shape index (κ2) is 33.7. The van der Waals surface area contributed by atoms with Crippen LogP contribution in [0.2, 0.25) is 0 Å². The Morgan fingerprint density at radius 3 is 1.59 bits per heavy atom. The Balaban J connectivity index is 1.72. The Hall–Kier alpha value is -7.62. The average molecular weight is 1140 g/mol. The molecule has 3 rings (SSSR count). The topological polar surface area (TPSA) is 415 Å². The third kappa shape index (κ3) is 23.8. The van der Waals surface area contributed by atoms with Gasteiger partial charge in [0.2, 0.25) is 53.2 Å². The summed E-state index contributed by atoms with van der Waals surface area (Å²) in [7, 11) is 0. The number of aromatic nitrogens is 2. The Bertz CT molecular complexity index is 2520. The number of imidazole rings is 1. The Morgan fingerprint density at radius 2 is 1.05 bits per heavy atom. The highest BCUT2D eigenvalue weighted by Crippen LogP contribution is 2.14. The van der Waals surface area contributed by atoms with Crippen LogP contribution in [0.25, 0.3) is 0 Å². The van der Waals surface area contributed by atoms with E-state index in [2.05, 4.69) is 57.8 Å². The summed E-state index contributed by atoms with van der Waals surface area (Å²) in [6, 6.07) is 3.98. The van der Waals surface area contributed by atoms with Gasteiger partial charge in [-0.05, 0) is 86.6 Å².